The molecule has 7 rings (SSSR count). The van der Waals surface area contributed by atoms with Crippen LogP contribution in [0.25, 0.3) is 43.8 Å². The summed E-state index contributed by atoms with van der Waals surface area (Å²) < 4.78 is 0. The Labute approximate surface area is 225 Å². The van der Waals surface area contributed by atoms with Crippen molar-refractivity contribution < 1.29 is 0 Å². The van der Waals surface area contributed by atoms with Gasteiger partial charge in [-0.3, -0.25) is 9.97 Å². The molecule has 0 bridgehead atoms. The Hall–Kier alpha value is -3.92. The fraction of sp³-hybridized carbons (Fsp3) is 0.294. The SMILES string of the molecule is c1cc(-c2c3ccc(N4CCCCC4)cc3c(-c3ccncc3)c3ccc(N4CCCCC4)cc23)ccn1. The highest BCUT2D eigenvalue weighted by Crippen LogP contribution is 2.45. The maximum absolute atomic E-state index is 4.34. The third kappa shape index (κ3) is 4.18. The van der Waals surface area contributed by atoms with E-state index in [1.807, 2.05) is 24.8 Å². The van der Waals surface area contributed by atoms with E-state index >= 15 is 0 Å². The molecule has 0 aliphatic carbocycles. The Morgan fingerprint density at radius 1 is 0.421 bits per heavy atom. The highest BCUT2D eigenvalue weighted by Gasteiger charge is 2.21. The van der Waals surface area contributed by atoms with E-state index in [4.69, 9.17) is 0 Å². The van der Waals surface area contributed by atoms with Crippen molar-refractivity contribution in [1.82, 2.24) is 9.97 Å². The van der Waals surface area contributed by atoms with Crippen LogP contribution in [-0.2, 0) is 0 Å². The number of rotatable bonds is 4. The first-order valence-corrected chi connectivity index (χ1v) is 14.2. The predicted molar refractivity (Wildman–Crippen MR) is 160 cm³/mol. The second-order valence-electron chi connectivity index (χ2n) is 10.8. The van der Waals surface area contributed by atoms with Crippen molar-refractivity contribution in [3.05, 3.63) is 85.5 Å². The average Bonchev–Trinajstić information content (AvgIpc) is 3.01. The van der Waals surface area contributed by atoms with Gasteiger partial charge < -0.3 is 9.80 Å². The van der Waals surface area contributed by atoms with Crippen LogP contribution < -0.4 is 9.80 Å². The van der Waals surface area contributed by atoms with Crippen molar-refractivity contribution in [2.24, 2.45) is 0 Å². The van der Waals surface area contributed by atoms with Crippen molar-refractivity contribution in [3.8, 4) is 22.3 Å². The third-order valence-electron chi connectivity index (χ3n) is 8.46. The molecule has 2 aliphatic heterocycles. The summed E-state index contributed by atoms with van der Waals surface area (Å²) in [5.74, 6) is 0. The molecule has 2 aromatic heterocycles. The van der Waals surface area contributed by atoms with Crippen LogP contribution in [-0.4, -0.2) is 36.1 Å². The molecule has 4 heterocycles. The lowest BCUT2D eigenvalue weighted by Crippen LogP contribution is -2.29. The van der Waals surface area contributed by atoms with Gasteiger partial charge in [-0.05, 0) is 131 Å². The fourth-order valence-electron chi connectivity index (χ4n) is 6.56. The number of anilines is 2. The van der Waals surface area contributed by atoms with Gasteiger partial charge in [0.25, 0.3) is 0 Å². The standard InChI is InChI=1S/C34H34N4/c1-3-19-37(20-4-1)27-7-9-29-31(23-27)33(25-11-15-35-16-12-25)30-10-8-28(38-21-5-2-6-22-38)24-32(30)34(29)26-13-17-36-18-14-26/h7-18,23-24H,1-6,19-22H2. The van der Waals surface area contributed by atoms with Gasteiger partial charge >= 0.3 is 0 Å². The Bertz CT molecular complexity index is 1450. The lowest BCUT2D eigenvalue weighted by Gasteiger charge is -2.30. The molecule has 0 radical (unpaired) electrons. The molecule has 0 atom stereocenters. The Morgan fingerprint density at radius 2 is 0.816 bits per heavy atom. The molecule has 2 aliphatic rings. The molecule has 0 N–H and O–H groups in total. The zero-order valence-electron chi connectivity index (χ0n) is 21.9. The number of benzene rings is 3. The van der Waals surface area contributed by atoms with Crippen LogP contribution in [0.1, 0.15) is 38.5 Å². The summed E-state index contributed by atoms with van der Waals surface area (Å²) >= 11 is 0. The van der Waals surface area contributed by atoms with Crippen molar-refractivity contribution in [2.45, 2.75) is 38.5 Å². The largest absolute Gasteiger partial charge is 0.372 e. The zero-order valence-corrected chi connectivity index (χ0v) is 21.9. The molecule has 4 nitrogen and oxygen atoms in total. The smallest absolute Gasteiger partial charge is 0.0372 e. The van der Waals surface area contributed by atoms with Gasteiger partial charge in [0.1, 0.15) is 0 Å². The number of pyridine rings is 2. The second-order valence-corrected chi connectivity index (χ2v) is 10.8. The molecule has 4 heteroatoms. The Morgan fingerprint density at radius 3 is 1.21 bits per heavy atom. The van der Waals surface area contributed by atoms with Crippen LogP contribution in [0.3, 0.4) is 0 Å². The summed E-state index contributed by atoms with van der Waals surface area (Å²) in [4.78, 5) is 13.8. The van der Waals surface area contributed by atoms with E-state index in [2.05, 4.69) is 80.4 Å². The highest BCUT2D eigenvalue weighted by atomic mass is 15.1. The number of fused-ring (bicyclic) bond motifs is 2. The van der Waals surface area contributed by atoms with Gasteiger partial charge in [-0.1, -0.05) is 12.1 Å². The van der Waals surface area contributed by atoms with Gasteiger partial charge in [0, 0.05) is 62.3 Å². The maximum atomic E-state index is 4.34. The molecule has 2 fully saturated rings. The van der Waals surface area contributed by atoms with Crippen molar-refractivity contribution in [3.63, 3.8) is 0 Å². The van der Waals surface area contributed by atoms with Crippen LogP contribution in [0.2, 0.25) is 0 Å². The van der Waals surface area contributed by atoms with Gasteiger partial charge in [0.05, 0.1) is 0 Å². The molecule has 3 aromatic carbocycles. The van der Waals surface area contributed by atoms with Gasteiger partial charge in [-0.2, -0.15) is 0 Å². The second kappa shape index (κ2) is 10.1. The molecule has 190 valence electrons. The van der Waals surface area contributed by atoms with E-state index in [0.29, 0.717) is 0 Å². The van der Waals surface area contributed by atoms with E-state index in [1.165, 1.54) is 93.7 Å². The molecule has 38 heavy (non-hydrogen) atoms. The van der Waals surface area contributed by atoms with E-state index < -0.39 is 0 Å². The van der Waals surface area contributed by atoms with Crippen molar-refractivity contribution >= 4 is 32.9 Å². The monoisotopic (exact) mass is 498 g/mol. The minimum Gasteiger partial charge on any atom is -0.372 e. The highest BCUT2D eigenvalue weighted by molar-refractivity contribution is 6.22. The maximum Gasteiger partial charge on any atom is 0.0372 e. The number of hydrogen-bond donors (Lipinski definition) is 0. The number of nitrogens with zero attached hydrogens (tertiary/aromatic N) is 4. The summed E-state index contributed by atoms with van der Waals surface area (Å²) in [5.41, 5.74) is 7.71. The summed E-state index contributed by atoms with van der Waals surface area (Å²) in [7, 11) is 0. The lowest BCUT2D eigenvalue weighted by atomic mass is 9.85. The third-order valence-corrected chi connectivity index (χ3v) is 8.46. The van der Waals surface area contributed by atoms with Crippen LogP contribution in [0.4, 0.5) is 11.4 Å². The van der Waals surface area contributed by atoms with Gasteiger partial charge in [0.2, 0.25) is 0 Å². The molecule has 0 amide bonds. The first kappa shape index (κ1) is 23.2. The zero-order chi connectivity index (χ0) is 25.3. The molecule has 0 spiro atoms. The van der Waals surface area contributed by atoms with Crippen LogP contribution >= 0.6 is 0 Å². The van der Waals surface area contributed by atoms with E-state index in [9.17, 15) is 0 Å². The number of aromatic nitrogens is 2. The number of hydrogen-bond acceptors (Lipinski definition) is 4. The molecule has 0 saturated carbocycles. The molecule has 5 aromatic rings. The summed E-state index contributed by atoms with van der Waals surface area (Å²) in [5, 5.41) is 5.22. The van der Waals surface area contributed by atoms with E-state index in [0.717, 1.165) is 26.2 Å². The average molecular weight is 499 g/mol. The summed E-state index contributed by atoms with van der Waals surface area (Å²) in [6.45, 7) is 4.56. The minimum atomic E-state index is 1.14. The normalized spacial score (nSPS) is 16.3. The van der Waals surface area contributed by atoms with Crippen LogP contribution in [0, 0.1) is 0 Å². The number of piperidine rings is 2. The van der Waals surface area contributed by atoms with Gasteiger partial charge in [-0.25, -0.2) is 0 Å². The first-order valence-electron chi connectivity index (χ1n) is 14.2. The Balaban J connectivity index is 1.55. The molecule has 0 unspecified atom stereocenters. The molecule has 2 saturated heterocycles. The van der Waals surface area contributed by atoms with Crippen molar-refractivity contribution in [1.29, 1.82) is 0 Å². The predicted octanol–water partition coefficient (Wildman–Crippen LogP) is 8.10. The van der Waals surface area contributed by atoms with Crippen molar-refractivity contribution in [2.75, 3.05) is 36.0 Å². The van der Waals surface area contributed by atoms with Crippen LogP contribution in [0.5, 0.6) is 0 Å². The van der Waals surface area contributed by atoms with E-state index in [1.54, 1.807) is 0 Å². The van der Waals surface area contributed by atoms with Gasteiger partial charge in [-0.15, -0.1) is 0 Å². The summed E-state index contributed by atoms with van der Waals surface area (Å²) in [6.07, 6.45) is 15.4. The fourth-order valence-corrected chi connectivity index (χ4v) is 6.56. The van der Waals surface area contributed by atoms with Gasteiger partial charge in [0.15, 0.2) is 0 Å². The lowest BCUT2D eigenvalue weighted by molar-refractivity contribution is 0.578. The quantitative estimate of drug-likeness (QED) is 0.234. The molecular formula is C34H34N4. The van der Waals surface area contributed by atoms with Crippen LogP contribution in [0.15, 0.2) is 85.5 Å². The molecular weight excluding hydrogens is 464 g/mol. The van der Waals surface area contributed by atoms with E-state index in [-0.39, 0.29) is 0 Å². The Kier molecular flexibility index (Phi) is 6.17. The first-order chi connectivity index (χ1) is 18.9. The summed E-state index contributed by atoms with van der Waals surface area (Å²) in [6, 6.07) is 22.9. The minimum absolute atomic E-state index is 1.14. The topological polar surface area (TPSA) is 32.3 Å².